The lowest BCUT2D eigenvalue weighted by molar-refractivity contribution is -0.117. The molecule has 1 aromatic carbocycles. The van der Waals surface area contributed by atoms with E-state index < -0.39 is 0 Å². The fourth-order valence-electron chi connectivity index (χ4n) is 4.63. The summed E-state index contributed by atoms with van der Waals surface area (Å²) in [4.78, 5) is 22.5. The molecule has 0 unspecified atom stereocenters. The van der Waals surface area contributed by atoms with Crippen LogP contribution in [0, 0.1) is 11.8 Å². The molecule has 0 radical (unpaired) electrons. The molecular weight excluding hydrogens is 362 g/mol. The number of carbonyl (C=O) groups excluding carboxylic acids is 1. The molecule has 0 aliphatic heterocycles. The van der Waals surface area contributed by atoms with Crippen molar-refractivity contribution in [3.05, 3.63) is 35.2 Å². The Labute approximate surface area is 173 Å². The van der Waals surface area contributed by atoms with E-state index in [1.807, 2.05) is 12.1 Å². The van der Waals surface area contributed by atoms with Crippen molar-refractivity contribution in [2.45, 2.75) is 71.6 Å². The van der Waals surface area contributed by atoms with E-state index in [2.05, 4.69) is 19.2 Å². The summed E-state index contributed by atoms with van der Waals surface area (Å²) in [6.07, 6.45) is 9.05. The normalized spacial score (nSPS) is 16.4. The minimum absolute atomic E-state index is 0.0669. The highest BCUT2D eigenvalue weighted by Crippen LogP contribution is 2.35. The van der Waals surface area contributed by atoms with E-state index in [1.54, 1.807) is 6.07 Å². The number of fused-ring (bicyclic) bond motifs is 3. The van der Waals surface area contributed by atoms with Crippen LogP contribution in [0.1, 0.15) is 69.3 Å². The number of nitrogens with one attached hydrogen (secondary N) is 1. The van der Waals surface area contributed by atoms with E-state index in [0.717, 1.165) is 60.3 Å². The topological polar surface area (TPSA) is 75.1 Å². The molecule has 2 N–H and O–H groups in total. The molecule has 1 heterocycles. The average molecular weight is 394 g/mol. The van der Waals surface area contributed by atoms with Gasteiger partial charge in [0.05, 0.1) is 17.1 Å². The van der Waals surface area contributed by atoms with Gasteiger partial charge in [-0.05, 0) is 67.7 Å². The molecule has 1 fully saturated rings. The van der Waals surface area contributed by atoms with E-state index in [9.17, 15) is 9.90 Å². The maximum Gasteiger partial charge on any atom is 0.225 e. The predicted octanol–water partition coefficient (Wildman–Crippen LogP) is 5.06. The van der Waals surface area contributed by atoms with Gasteiger partial charge in [0, 0.05) is 12.0 Å². The van der Waals surface area contributed by atoms with Crippen LogP contribution in [0.15, 0.2) is 18.2 Å². The van der Waals surface area contributed by atoms with Crippen LogP contribution in [-0.2, 0) is 24.1 Å². The summed E-state index contributed by atoms with van der Waals surface area (Å²) in [6, 6.07) is 5.46. The molecule has 0 atom stereocenters. The van der Waals surface area contributed by atoms with Crippen molar-refractivity contribution in [1.29, 1.82) is 0 Å². The molecule has 1 aromatic heterocycles. The molecule has 2 aromatic rings. The average Bonchev–Trinajstić information content (AvgIpc) is 2.68. The third-order valence-corrected chi connectivity index (χ3v) is 6.07. The zero-order valence-corrected chi connectivity index (χ0v) is 17.5. The van der Waals surface area contributed by atoms with Crippen LogP contribution in [0.3, 0.4) is 0 Å². The van der Waals surface area contributed by atoms with Crippen molar-refractivity contribution in [2.24, 2.45) is 11.8 Å². The second-order valence-electron chi connectivity index (χ2n) is 9.01. The van der Waals surface area contributed by atoms with E-state index >= 15 is 0 Å². The number of rotatable bonds is 5. The number of nitrogens with zero attached hydrogens (tertiary/aromatic N) is 2. The number of hydrogen-bond acceptors (Lipinski definition) is 4. The highest BCUT2D eigenvalue weighted by Gasteiger charge is 2.24. The maximum absolute atomic E-state index is 12.7. The Morgan fingerprint density at radius 1 is 1.17 bits per heavy atom. The summed E-state index contributed by atoms with van der Waals surface area (Å²) in [5, 5.41) is 12.9. The van der Waals surface area contributed by atoms with Gasteiger partial charge in [-0.1, -0.05) is 33.1 Å². The third kappa shape index (κ3) is 4.60. The van der Waals surface area contributed by atoms with Gasteiger partial charge in [0.25, 0.3) is 0 Å². The number of anilines is 1. The molecule has 1 amide bonds. The molecule has 1 saturated carbocycles. The second kappa shape index (κ2) is 8.52. The molecule has 0 spiro atoms. The van der Waals surface area contributed by atoms with Gasteiger partial charge in [0.2, 0.25) is 5.91 Å². The molecule has 2 aliphatic rings. The van der Waals surface area contributed by atoms with Gasteiger partial charge >= 0.3 is 0 Å². The molecule has 154 valence electrons. The van der Waals surface area contributed by atoms with E-state index in [0.29, 0.717) is 24.1 Å². The summed E-state index contributed by atoms with van der Waals surface area (Å²) in [5.41, 5.74) is 4.84. The summed E-state index contributed by atoms with van der Waals surface area (Å²) in [7, 11) is 0. The van der Waals surface area contributed by atoms with Crippen molar-refractivity contribution in [2.75, 3.05) is 5.32 Å². The Kier molecular flexibility index (Phi) is 5.84. The van der Waals surface area contributed by atoms with Crippen molar-refractivity contribution < 1.29 is 9.90 Å². The van der Waals surface area contributed by atoms with Crippen LogP contribution in [-0.4, -0.2) is 21.0 Å². The standard InChI is InChI=1S/C24H31N3O2/c1-15(2)12-21-24(27-22(29)13-16-6-4-3-5-7-16)26-20-11-8-17-14-18(28)9-10-19(17)23(20)25-21/h9-10,14-16,28H,3-8,11-13H2,1-2H3,(H,26,27,29). The first-order valence-electron chi connectivity index (χ1n) is 11.0. The zero-order valence-electron chi connectivity index (χ0n) is 17.5. The number of hydrogen-bond donors (Lipinski definition) is 2. The van der Waals surface area contributed by atoms with Gasteiger partial charge in [-0.25, -0.2) is 9.97 Å². The highest BCUT2D eigenvalue weighted by molar-refractivity contribution is 5.90. The number of aromatic hydroxyl groups is 1. The number of carbonyl (C=O) groups is 1. The van der Waals surface area contributed by atoms with Crippen LogP contribution in [0.4, 0.5) is 5.82 Å². The lowest BCUT2D eigenvalue weighted by atomic mass is 9.87. The quantitative estimate of drug-likeness (QED) is 0.745. The molecular formula is C24H31N3O2. The Bertz CT molecular complexity index is 901. The fourth-order valence-corrected chi connectivity index (χ4v) is 4.63. The largest absolute Gasteiger partial charge is 0.508 e. The minimum atomic E-state index is 0.0669. The number of aryl methyl sites for hydroxylation is 2. The first kappa shape index (κ1) is 19.9. The van der Waals surface area contributed by atoms with Crippen LogP contribution < -0.4 is 5.32 Å². The Hall–Kier alpha value is -2.43. The van der Waals surface area contributed by atoms with Crippen molar-refractivity contribution in [3.63, 3.8) is 0 Å². The number of aromatic nitrogens is 2. The monoisotopic (exact) mass is 393 g/mol. The smallest absolute Gasteiger partial charge is 0.225 e. The van der Waals surface area contributed by atoms with E-state index in [4.69, 9.17) is 9.97 Å². The van der Waals surface area contributed by atoms with Crippen LogP contribution in [0.25, 0.3) is 11.3 Å². The maximum atomic E-state index is 12.7. The van der Waals surface area contributed by atoms with E-state index in [1.165, 1.54) is 19.3 Å². The molecule has 0 bridgehead atoms. The van der Waals surface area contributed by atoms with Gasteiger partial charge in [-0.3, -0.25) is 4.79 Å². The van der Waals surface area contributed by atoms with Gasteiger partial charge in [0.15, 0.2) is 5.82 Å². The molecule has 5 nitrogen and oxygen atoms in total. The first-order chi connectivity index (χ1) is 14.0. The Morgan fingerprint density at radius 3 is 2.72 bits per heavy atom. The number of amides is 1. The lowest BCUT2D eigenvalue weighted by Gasteiger charge is -2.23. The molecule has 29 heavy (non-hydrogen) atoms. The summed E-state index contributed by atoms with van der Waals surface area (Å²) < 4.78 is 0. The Balaban J connectivity index is 1.62. The van der Waals surface area contributed by atoms with Gasteiger partial charge < -0.3 is 10.4 Å². The van der Waals surface area contributed by atoms with Crippen LogP contribution >= 0.6 is 0 Å². The van der Waals surface area contributed by atoms with Crippen LogP contribution in [0.2, 0.25) is 0 Å². The van der Waals surface area contributed by atoms with Gasteiger partial charge in [-0.2, -0.15) is 0 Å². The molecule has 4 rings (SSSR count). The SMILES string of the molecule is CC(C)Cc1nc2c(nc1NC(=O)CC1CCCCC1)CCc1cc(O)ccc1-2. The molecule has 5 heteroatoms. The van der Waals surface area contributed by atoms with E-state index in [-0.39, 0.29) is 11.7 Å². The summed E-state index contributed by atoms with van der Waals surface area (Å²) in [6.45, 7) is 4.31. The zero-order chi connectivity index (χ0) is 20.4. The second-order valence-corrected chi connectivity index (χ2v) is 9.01. The fraction of sp³-hybridized carbons (Fsp3) is 0.542. The highest BCUT2D eigenvalue weighted by atomic mass is 16.3. The van der Waals surface area contributed by atoms with Crippen molar-refractivity contribution in [1.82, 2.24) is 9.97 Å². The van der Waals surface area contributed by atoms with Crippen LogP contribution in [0.5, 0.6) is 5.75 Å². The third-order valence-electron chi connectivity index (χ3n) is 6.07. The summed E-state index contributed by atoms with van der Waals surface area (Å²) in [5.74, 6) is 1.91. The minimum Gasteiger partial charge on any atom is -0.508 e. The molecule has 0 saturated heterocycles. The first-order valence-corrected chi connectivity index (χ1v) is 11.0. The number of phenolic OH excluding ortho intramolecular Hbond substituents is 1. The molecule has 2 aliphatic carbocycles. The van der Waals surface area contributed by atoms with Crippen molar-refractivity contribution >= 4 is 11.7 Å². The summed E-state index contributed by atoms with van der Waals surface area (Å²) >= 11 is 0. The van der Waals surface area contributed by atoms with Gasteiger partial charge in [-0.15, -0.1) is 0 Å². The Morgan fingerprint density at radius 2 is 1.97 bits per heavy atom. The van der Waals surface area contributed by atoms with Gasteiger partial charge in [0.1, 0.15) is 5.75 Å². The lowest BCUT2D eigenvalue weighted by Crippen LogP contribution is -2.22. The number of phenols is 1. The predicted molar refractivity (Wildman–Crippen MR) is 115 cm³/mol. The number of benzene rings is 1. The van der Waals surface area contributed by atoms with Crippen molar-refractivity contribution in [3.8, 4) is 17.0 Å².